The summed E-state index contributed by atoms with van der Waals surface area (Å²) in [4.78, 5) is 22.9. The van der Waals surface area contributed by atoms with Crippen LogP contribution in [-0.2, 0) is 9.53 Å². The van der Waals surface area contributed by atoms with Gasteiger partial charge in [-0.3, -0.25) is 4.79 Å². The summed E-state index contributed by atoms with van der Waals surface area (Å²) in [5.41, 5.74) is 0.630. The molecule has 1 atom stereocenters. The average Bonchev–Trinajstić information content (AvgIpc) is 2.32. The molecule has 0 aliphatic rings. The number of carbonyl (C=O) groups excluding carboxylic acids is 2. The van der Waals surface area contributed by atoms with Crippen molar-refractivity contribution in [2.45, 2.75) is 26.3 Å². The van der Waals surface area contributed by atoms with Crippen LogP contribution in [0.15, 0.2) is 24.3 Å². The Balaban J connectivity index is 2.38. The van der Waals surface area contributed by atoms with Crippen LogP contribution in [0.5, 0.6) is 0 Å². The number of carbonyl (C=O) groups is 2. The van der Waals surface area contributed by atoms with Crippen LogP contribution < -0.4 is 10.6 Å². The van der Waals surface area contributed by atoms with Crippen LogP contribution >= 0.6 is 11.6 Å². The molecular weight excluding hydrogens is 268 g/mol. The van der Waals surface area contributed by atoms with Gasteiger partial charge in [0.05, 0.1) is 13.0 Å². The van der Waals surface area contributed by atoms with Crippen molar-refractivity contribution in [2.75, 3.05) is 11.9 Å². The second-order valence-corrected chi connectivity index (χ2v) is 4.45. The maximum atomic E-state index is 11.6. The van der Waals surface area contributed by atoms with Crippen LogP contribution in [0.1, 0.15) is 20.3 Å². The molecule has 104 valence electrons. The van der Waals surface area contributed by atoms with E-state index in [2.05, 4.69) is 10.6 Å². The molecule has 1 rings (SSSR count). The molecular formula is C13H17ClN2O3. The number of urea groups is 1. The van der Waals surface area contributed by atoms with Crippen molar-refractivity contribution in [2.24, 2.45) is 0 Å². The van der Waals surface area contributed by atoms with Crippen molar-refractivity contribution in [3.8, 4) is 0 Å². The number of nitrogens with one attached hydrogen (secondary N) is 2. The summed E-state index contributed by atoms with van der Waals surface area (Å²) in [5.74, 6) is -0.332. The van der Waals surface area contributed by atoms with Crippen LogP contribution in [0.4, 0.5) is 10.5 Å². The largest absolute Gasteiger partial charge is 0.466 e. The van der Waals surface area contributed by atoms with E-state index in [0.717, 1.165) is 0 Å². The first-order valence-electron chi connectivity index (χ1n) is 6.00. The zero-order valence-corrected chi connectivity index (χ0v) is 11.7. The maximum absolute atomic E-state index is 11.6. The minimum absolute atomic E-state index is 0.141. The fourth-order valence-corrected chi connectivity index (χ4v) is 1.57. The molecule has 1 aromatic carbocycles. The first kappa shape index (κ1) is 15.3. The fraction of sp³-hybridized carbons (Fsp3) is 0.385. The van der Waals surface area contributed by atoms with E-state index in [9.17, 15) is 9.59 Å². The summed E-state index contributed by atoms with van der Waals surface area (Å²) >= 11 is 5.74. The van der Waals surface area contributed by atoms with Crippen molar-refractivity contribution in [1.29, 1.82) is 0 Å². The molecule has 2 amide bonds. The van der Waals surface area contributed by atoms with Crippen molar-refractivity contribution in [3.63, 3.8) is 0 Å². The van der Waals surface area contributed by atoms with Crippen LogP contribution in [0.2, 0.25) is 5.02 Å². The predicted octanol–water partition coefficient (Wildman–Crippen LogP) is 2.80. The van der Waals surface area contributed by atoms with Crippen molar-refractivity contribution < 1.29 is 14.3 Å². The molecule has 0 heterocycles. The zero-order valence-electron chi connectivity index (χ0n) is 10.9. The fourth-order valence-electron chi connectivity index (χ4n) is 1.45. The molecule has 2 N–H and O–H groups in total. The molecule has 0 saturated carbocycles. The van der Waals surface area contributed by atoms with Gasteiger partial charge < -0.3 is 15.4 Å². The Hall–Kier alpha value is -1.75. The second-order valence-electron chi connectivity index (χ2n) is 4.02. The van der Waals surface area contributed by atoms with E-state index < -0.39 is 0 Å². The third kappa shape index (κ3) is 6.10. The second kappa shape index (κ2) is 7.63. The van der Waals surface area contributed by atoms with Crippen LogP contribution in [0.25, 0.3) is 0 Å². The topological polar surface area (TPSA) is 67.4 Å². The summed E-state index contributed by atoms with van der Waals surface area (Å²) in [7, 11) is 0. The Kier molecular flexibility index (Phi) is 6.15. The third-order valence-corrected chi connectivity index (χ3v) is 2.51. The third-order valence-electron chi connectivity index (χ3n) is 2.26. The number of halogens is 1. The van der Waals surface area contributed by atoms with Gasteiger partial charge >= 0.3 is 12.0 Å². The molecule has 0 radical (unpaired) electrons. The lowest BCUT2D eigenvalue weighted by Crippen LogP contribution is -2.37. The van der Waals surface area contributed by atoms with Gasteiger partial charge in [0, 0.05) is 16.8 Å². The Labute approximate surface area is 117 Å². The van der Waals surface area contributed by atoms with Crippen molar-refractivity contribution in [1.82, 2.24) is 5.32 Å². The molecule has 0 spiro atoms. The highest BCUT2D eigenvalue weighted by molar-refractivity contribution is 6.30. The lowest BCUT2D eigenvalue weighted by atomic mass is 10.2. The number of esters is 1. The summed E-state index contributed by atoms with van der Waals surface area (Å²) < 4.78 is 4.80. The highest BCUT2D eigenvalue weighted by Gasteiger charge is 2.12. The Morgan fingerprint density at radius 3 is 2.53 bits per heavy atom. The predicted molar refractivity (Wildman–Crippen MR) is 74.3 cm³/mol. The van der Waals surface area contributed by atoms with E-state index >= 15 is 0 Å². The normalized spacial score (nSPS) is 11.5. The number of ether oxygens (including phenoxy) is 1. The first-order valence-corrected chi connectivity index (χ1v) is 6.37. The summed E-state index contributed by atoms with van der Waals surface area (Å²) in [6.45, 7) is 3.81. The van der Waals surface area contributed by atoms with Gasteiger partial charge in [0.25, 0.3) is 0 Å². The molecule has 19 heavy (non-hydrogen) atoms. The SMILES string of the molecule is CCOC(=O)CC(C)NC(=O)Nc1ccc(Cl)cc1. The van der Waals surface area contributed by atoms with Crippen molar-refractivity contribution in [3.05, 3.63) is 29.3 Å². The number of rotatable bonds is 5. The first-order chi connectivity index (χ1) is 9.01. The van der Waals surface area contributed by atoms with E-state index in [4.69, 9.17) is 16.3 Å². The van der Waals surface area contributed by atoms with Crippen molar-refractivity contribution >= 4 is 29.3 Å². The minimum atomic E-state index is -0.376. The van der Waals surface area contributed by atoms with Gasteiger partial charge in [-0.15, -0.1) is 0 Å². The summed E-state index contributed by atoms with van der Waals surface area (Å²) in [5, 5.41) is 5.89. The number of hydrogen-bond acceptors (Lipinski definition) is 3. The van der Waals surface area contributed by atoms with Gasteiger partial charge in [-0.1, -0.05) is 11.6 Å². The smallest absolute Gasteiger partial charge is 0.319 e. The Morgan fingerprint density at radius 1 is 1.32 bits per heavy atom. The van der Waals surface area contributed by atoms with Gasteiger partial charge in [0.1, 0.15) is 0 Å². The molecule has 0 saturated heterocycles. The number of anilines is 1. The summed E-state index contributed by atoms with van der Waals surface area (Å²) in [6.07, 6.45) is 0.141. The molecule has 1 aromatic rings. The van der Waals surface area contributed by atoms with Gasteiger partial charge in [-0.2, -0.15) is 0 Å². The van der Waals surface area contributed by atoms with Gasteiger partial charge in [0.2, 0.25) is 0 Å². The Bertz CT molecular complexity index is 434. The average molecular weight is 285 g/mol. The number of amides is 2. The minimum Gasteiger partial charge on any atom is -0.466 e. The molecule has 0 bridgehead atoms. The zero-order chi connectivity index (χ0) is 14.3. The monoisotopic (exact) mass is 284 g/mol. The van der Waals surface area contributed by atoms with E-state index in [1.54, 1.807) is 38.1 Å². The molecule has 0 aromatic heterocycles. The number of benzene rings is 1. The molecule has 5 nitrogen and oxygen atoms in total. The van der Waals surface area contributed by atoms with Crippen LogP contribution in [0.3, 0.4) is 0 Å². The lowest BCUT2D eigenvalue weighted by molar-refractivity contribution is -0.143. The van der Waals surface area contributed by atoms with Crippen LogP contribution in [-0.4, -0.2) is 24.6 Å². The highest BCUT2D eigenvalue weighted by atomic mass is 35.5. The Morgan fingerprint density at radius 2 is 1.95 bits per heavy atom. The van der Waals surface area contributed by atoms with Crippen LogP contribution in [0, 0.1) is 0 Å². The molecule has 0 aliphatic heterocycles. The summed E-state index contributed by atoms with van der Waals surface area (Å²) in [6, 6.07) is 6.07. The van der Waals surface area contributed by atoms with E-state index in [-0.39, 0.29) is 24.5 Å². The highest BCUT2D eigenvalue weighted by Crippen LogP contribution is 2.13. The molecule has 6 heteroatoms. The van der Waals surface area contributed by atoms with Gasteiger partial charge in [-0.25, -0.2) is 4.79 Å². The number of hydrogen-bond donors (Lipinski definition) is 2. The molecule has 0 aliphatic carbocycles. The van der Waals surface area contributed by atoms with E-state index in [1.165, 1.54) is 0 Å². The molecule has 0 fully saturated rings. The van der Waals surface area contributed by atoms with E-state index in [1.807, 2.05) is 0 Å². The standard InChI is InChI=1S/C13H17ClN2O3/c1-3-19-12(17)8-9(2)15-13(18)16-11-6-4-10(14)5-7-11/h4-7,9H,3,8H2,1-2H3,(H2,15,16,18). The van der Waals surface area contributed by atoms with Gasteiger partial charge in [0.15, 0.2) is 0 Å². The maximum Gasteiger partial charge on any atom is 0.319 e. The van der Waals surface area contributed by atoms with E-state index in [0.29, 0.717) is 17.3 Å². The molecule has 1 unspecified atom stereocenters. The van der Waals surface area contributed by atoms with Gasteiger partial charge in [-0.05, 0) is 38.1 Å². The quantitative estimate of drug-likeness (QED) is 0.817. The lowest BCUT2D eigenvalue weighted by Gasteiger charge is -2.13.